The van der Waals surface area contributed by atoms with Gasteiger partial charge in [-0.15, -0.1) is 0 Å². The van der Waals surface area contributed by atoms with E-state index in [2.05, 4.69) is 5.32 Å². The molecule has 0 aliphatic carbocycles. The predicted molar refractivity (Wildman–Crippen MR) is 90.8 cm³/mol. The zero-order chi connectivity index (χ0) is 17.6. The molecule has 1 aliphatic heterocycles. The van der Waals surface area contributed by atoms with E-state index in [1.165, 1.54) is 19.2 Å². The molecule has 0 radical (unpaired) electrons. The average molecular weight is 339 g/mol. The normalized spacial score (nSPS) is 22.8. The van der Waals surface area contributed by atoms with E-state index in [1.54, 1.807) is 12.1 Å². The maximum absolute atomic E-state index is 12.0. The van der Waals surface area contributed by atoms with E-state index in [0.29, 0.717) is 11.3 Å². The number of carbonyl (C=O) groups excluding carboxylic acids is 1. The lowest BCUT2D eigenvalue weighted by molar-refractivity contribution is -0.0662. The van der Waals surface area contributed by atoms with E-state index in [4.69, 9.17) is 4.74 Å². The van der Waals surface area contributed by atoms with Crippen molar-refractivity contribution in [3.8, 4) is 0 Å². The fourth-order valence-corrected chi connectivity index (χ4v) is 3.99. The first-order valence-electron chi connectivity index (χ1n) is 7.64. The van der Waals surface area contributed by atoms with Crippen LogP contribution in [-0.2, 0) is 14.6 Å². The van der Waals surface area contributed by atoms with Gasteiger partial charge in [-0.1, -0.05) is 0 Å². The molecule has 2 rings (SSSR count). The van der Waals surface area contributed by atoms with E-state index in [1.807, 2.05) is 27.7 Å². The third-order valence-electron chi connectivity index (χ3n) is 4.19. The van der Waals surface area contributed by atoms with Gasteiger partial charge in [-0.05, 0) is 59.2 Å². The molecule has 1 saturated heterocycles. The van der Waals surface area contributed by atoms with E-state index in [9.17, 15) is 13.2 Å². The SMILES string of the molecule is CC(=O)c1ccc(S(C)(=O)=O)c(NC2CC(C)(C)OC2(C)C)c1. The summed E-state index contributed by atoms with van der Waals surface area (Å²) in [5, 5.41) is 3.30. The number of ether oxygens (including phenoxy) is 1. The van der Waals surface area contributed by atoms with E-state index in [0.717, 1.165) is 6.42 Å². The minimum atomic E-state index is -3.40. The largest absolute Gasteiger partial charge is 0.378 e. The van der Waals surface area contributed by atoms with Gasteiger partial charge >= 0.3 is 0 Å². The van der Waals surface area contributed by atoms with Crippen LogP contribution < -0.4 is 5.32 Å². The van der Waals surface area contributed by atoms with Gasteiger partial charge in [0.25, 0.3) is 0 Å². The van der Waals surface area contributed by atoms with Gasteiger partial charge < -0.3 is 10.1 Å². The zero-order valence-corrected chi connectivity index (χ0v) is 15.4. The van der Waals surface area contributed by atoms with Gasteiger partial charge in [0.15, 0.2) is 15.6 Å². The first kappa shape index (κ1) is 17.9. The van der Waals surface area contributed by atoms with E-state index < -0.39 is 15.4 Å². The molecule has 1 fully saturated rings. The summed E-state index contributed by atoms with van der Waals surface area (Å²) in [6, 6.07) is 4.59. The van der Waals surface area contributed by atoms with Crippen molar-refractivity contribution in [3.63, 3.8) is 0 Å². The van der Waals surface area contributed by atoms with Crippen molar-refractivity contribution in [3.05, 3.63) is 23.8 Å². The summed E-state index contributed by atoms with van der Waals surface area (Å²) in [4.78, 5) is 11.8. The standard InChI is InChI=1S/C17H25NO4S/c1-11(19)12-7-8-14(23(6,20)21)13(9-12)18-15-10-16(2,3)22-17(15,4)5/h7-9,15,18H,10H2,1-6H3. The lowest BCUT2D eigenvalue weighted by Crippen LogP contribution is -2.38. The quantitative estimate of drug-likeness (QED) is 0.854. The number of sulfone groups is 1. The van der Waals surface area contributed by atoms with Gasteiger partial charge in [0.1, 0.15) is 0 Å². The van der Waals surface area contributed by atoms with Gasteiger partial charge in [0.05, 0.1) is 27.8 Å². The molecule has 0 aromatic heterocycles. The predicted octanol–water partition coefficient (Wildman–Crippen LogP) is 3.05. The van der Waals surface area contributed by atoms with Crippen LogP contribution in [0.1, 0.15) is 51.4 Å². The Balaban J connectivity index is 2.46. The molecule has 0 spiro atoms. The van der Waals surface area contributed by atoms with Crippen molar-refractivity contribution in [1.82, 2.24) is 0 Å². The molecule has 1 unspecified atom stereocenters. The molecule has 23 heavy (non-hydrogen) atoms. The molecule has 1 aromatic rings. The first-order valence-corrected chi connectivity index (χ1v) is 9.53. The number of carbonyl (C=O) groups is 1. The van der Waals surface area contributed by atoms with Crippen molar-refractivity contribution < 1.29 is 17.9 Å². The first-order chi connectivity index (χ1) is 10.3. The van der Waals surface area contributed by atoms with Crippen LogP contribution in [0.15, 0.2) is 23.1 Å². The molecule has 1 aliphatic rings. The highest BCUT2D eigenvalue weighted by molar-refractivity contribution is 7.90. The van der Waals surface area contributed by atoms with Crippen LogP contribution in [-0.4, -0.2) is 37.7 Å². The number of rotatable bonds is 4. The molecule has 6 heteroatoms. The fourth-order valence-electron chi connectivity index (χ4n) is 3.16. The van der Waals surface area contributed by atoms with Crippen molar-refractivity contribution in [2.24, 2.45) is 0 Å². The lowest BCUT2D eigenvalue weighted by Gasteiger charge is -2.29. The number of hydrogen-bond acceptors (Lipinski definition) is 5. The Morgan fingerprint density at radius 1 is 1.26 bits per heavy atom. The maximum Gasteiger partial charge on any atom is 0.177 e. The molecule has 128 valence electrons. The summed E-state index contributed by atoms with van der Waals surface area (Å²) in [7, 11) is -3.40. The maximum atomic E-state index is 12.0. The molecular formula is C17H25NO4S. The zero-order valence-electron chi connectivity index (χ0n) is 14.6. The van der Waals surface area contributed by atoms with Crippen molar-refractivity contribution >= 4 is 21.3 Å². The van der Waals surface area contributed by atoms with Crippen LogP contribution >= 0.6 is 0 Å². The minimum absolute atomic E-state index is 0.0554. The molecule has 1 atom stereocenters. The van der Waals surface area contributed by atoms with Crippen molar-refractivity contribution in [1.29, 1.82) is 0 Å². The van der Waals surface area contributed by atoms with Gasteiger partial charge in [0.2, 0.25) is 0 Å². The van der Waals surface area contributed by atoms with Crippen LogP contribution in [0.4, 0.5) is 5.69 Å². The number of hydrogen-bond donors (Lipinski definition) is 1. The highest BCUT2D eigenvalue weighted by atomic mass is 32.2. The van der Waals surface area contributed by atoms with E-state index in [-0.39, 0.29) is 22.3 Å². The van der Waals surface area contributed by atoms with Crippen LogP contribution in [0.3, 0.4) is 0 Å². The topological polar surface area (TPSA) is 72.5 Å². The van der Waals surface area contributed by atoms with E-state index >= 15 is 0 Å². The Kier molecular flexibility index (Phi) is 4.37. The second kappa shape index (κ2) is 5.60. The fraction of sp³-hybridized carbons (Fsp3) is 0.588. The minimum Gasteiger partial charge on any atom is -0.378 e. The molecule has 1 heterocycles. The average Bonchev–Trinajstić information content (AvgIpc) is 2.55. The summed E-state index contributed by atoms with van der Waals surface area (Å²) in [5.74, 6) is -0.102. The Morgan fingerprint density at radius 3 is 2.30 bits per heavy atom. The summed E-state index contributed by atoms with van der Waals surface area (Å²) >= 11 is 0. The summed E-state index contributed by atoms with van der Waals surface area (Å²) in [6.45, 7) is 9.45. The molecule has 0 saturated carbocycles. The Morgan fingerprint density at radius 2 is 1.87 bits per heavy atom. The molecule has 1 aromatic carbocycles. The molecule has 5 nitrogen and oxygen atoms in total. The van der Waals surface area contributed by atoms with Crippen molar-refractivity contribution in [2.45, 2.75) is 63.2 Å². The van der Waals surface area contributed by atoms with Crippen LogP contribution in [0.2, 0.25) is 0 Å². The number of ketones is 1. The highest BCUT2D eigenvalue weighted by Crippen LogP contribution is 2.39. The summed E-state index contributed by atoms with van der Waals surface area (Å²) < 4.78 is 30.1. The third-order valence-corrected chi connectivity index (χ3v) is 5.34. The summed E-state index contributed by atoms with van der Waals surface area (Å²) in [5.41, 5.74) is 0.213. The smallest absolute Gasteiger partial charge is 0.177 e. The lowest BCUT2D eigenvalue weighted by atomic mass is 9.94. The summed E-state index contributed by atoms with van der Waals surface area (Å²) in [6.07, 6.45) is 1.91. The Bertz CT molecular complexity index is 735. The monoisotopic (exact) mass is 339 g/mol. The molecule has 0 amide bonds. The second-order valence-corrected chi connectivity index (χ2v) is 9.39. The Hall–Kier alpha value is -1.40. The number of benzene rings is 1. The van der Waals surface area contributed by atoms with Crippen LogP contribution in [0.5, 0.6) is 0 Å². The number of anilines is 1. The third kappa shape index (κ3) is 3.93. The van der Waals surface area contributed by atoms with Gasteiger partial charge in [-0.25, -0.2) is 8.42 Å². The molecule has 0 bridgehead atoms. The van der Waals surface area contributed by atoms with Gasteiger partial charge in [-0.2, -0.15) is 0 Å². The molecule has 1 N–H and O–H groups in total. The Labute approximate surface area is 138 Å². The second-order valence-electron chi connectivity index (χ2n) is 7.41. The molecular weight excluding hydrogens is 314 g/mol. The van der Waals surface area contributed by atoms with Gasteiger partial charge in [-0.3, -0.25) is 4.79 Å². The van der Waals surface area contributed by atoms with Crippen LogP contribution in [0, 0.1) is 0 Å². The number of nitrogens with one attached hydrogen (secondary N) is 1. The van der Waals surface area contributed by atoms with Gasteiger partial charge in [0, 0.05) is 11.8 Å². The van der Waals surface area contributed by atoms with Crippen molar-refractivity contribution in [2.75, 3.05) is 11.6 Å². The highest BCUT2D eigenvalue weighted by Gasteiger charge is 2.46. The van der Waals surface area contributed by atoms with Crippen LogP contribution in [0.25, 0.3) is 0 Å². The number of Topliss-reactive ketones (excluding diaryl/α,β-unsaturated/α-hetero) is 1.